The van der Waals surface area contributed by atoms with E-state index < -0.39 is 11.9 Å². The van der Waals surface area contributed by atoms with Gasteiger partial charge in [0.05, 0.1) is 19.4 Å². The molecule has 0 radical (unpaired) electrons. The Labute approximate surface area is 334 Å². The number of H-pyrrole nitrogens is 2. The third kappa shape index (κ3) is 11.1. The molecule has 10 nitrogen and oxygen atoms in total. The molecule has 6 aromatic rings. The minimum absolute atomic E-state index is 0.0263. The van der Waals surface area contributed by atoms with Crippen LogP contribution in [0.4, 0.5) is 0 Å². The number of nitrogens with one attached hydrogen (secondary N) is 2. The first-order valence-corrected chi connectivity index (χ1v) is 20.3. The second kappa shape index (κ2) is 19.5. The van der Waals surface area contributed by atoms with Gasteiger partial charge in [-0.1, -0.05) is 60.7 Å². The number of likely N-dealkylation sites (tertiary alicyclic amines) is 2. The molecule has 0 aliphatic carbocycles. The number of aromatic nitrogens is 2. The third-order valence-electron chi connectivity index (χ3n) is 11.4. The second-order valence-corrected chi connectivity index (χ2v) is 15.3. The Balaban J connectivity index is 0.000000174. The molecule has 0 unspecified atom stereocenters. The van der Waals surface area contributed by atoms with Crippen molar-refractivity contribution in [1.82, 2.24) is 19.8 Å². The number of carbonyl (C=O) groups is 2. The van der Waals surface area contributed by atoms with Gasteiger partial charge in [-0.05, 0) is 129 Å². The lowest BCUT2D eigenvalue weighted by molar-refractivity contribution is -0.137. The summed E-state index contributed by atoms with van der Waals surface area (Å²) in [5.74, 6) is 1.10. The summed E-state index contributed by atoms with van der Waals surface area (Å²) in [5.41, 5.74) is 6.90. The van der Waals surface area contributed by atoms with Gasteiger partial charge < -0.3 is 34.6 Å². The topological polar surface area (TPSA) is 131 Å². The first-order valence-electron chi connectivity index (χ1n) is 20.3. The van der Waals surface area contributed by atoms with E-state index in [1.165, 1.54) is 45.8 Å². The van der Waals surface area contributed by atoms with Gasteiger partial charge in [-0.25, -0.2) is 0 Å². The number of carboxylic acid groups (broad SMARTS) is 2. The number of carboxylic acids is 2. The molecule has 2 aliphatic heterocycles. The molecule has 4 aromatic carbocycles. The Kier molecular flexibility index (Phi) is 13.6. The quantitative estimate of drug-likeness (QED) is 0.0766. The van der Waals surface area contributed by atoms with E-state index in [4.69, 9.17) is 19.7 Å². The lowest BCUT2D eigenvalue weighted by Crippen LogP contribution is -2.35. The number of aromatic amines is 2. The predicted molar refractivity (Wildman–Crippen MR) is 225 cm³/mol. The number of para-hydroxylation sites is 2. The zero-order chi connectivity index (χ0) is 39.4. The summed E-state index contributed by atoms with van der Waals surface area (Å²) in [7, 11) is 0. The standard InChI is InChI=1S/C24H28N2O3.C23H26N2O3/c27-24(28)16-18-5-3-6-20(15-18)29-14-4-11-26-12-9-19(10-13-26)22-17-25-23-8-2-1-7-21(22)23;26-23(27)15-17-4-3-5-19(14-17)28-13-12-25-10-8-18(9-11-25)21-16-24-22-7-2-1-6-20(21)22/h1-3,5-8,15,17,19,25H,4,9-14,16H2,(H,27,28);1-7,14,16,18,24H,8-13,15H2,(H,26,27). The molecular weight excluding hydrogens is 717 g/mol. The van der Waals surface area contributed by atoms with Gasteiger partial charge >= 0.3 is 11.9 Å². The van der Waals surface area contributed by atoms with E-state index >= 15 is 0 Å². The van der Waals surface area contributed by atoms with Crippen molar-refractivity contribution >= 4 is 33.7 Å². The number of ether oxygens (including phenoxy) is 2. The number of benzene rings is 4. The van der Waals surface area contributed by atoms with E-state index in [-0.39, 0.29) is 12.8 Å². The van der Waals surface area contributed by atoms with E-state index in [2.05, 4.69) is 80.7 Å². The van der Waals surface area contributed by atoms with Crippen molar-refractivity contribution in [3.63, 3.8) is 0 Å². The minimum Gasteiger partial charge on any atom is -0.494 e. The first-order chi connectivity index (χ1) is 27.9. The Morgan fingerprint density at radius 3 is 1.53 bits per heavy atom. The highest BCUT2D eigenvalue weighted by molar-refractivity contribution is 5.84. The highest BCUT2D eigenvalue weighted by Crippen LogP contribution is 2.34. The maximum absolute atomic E-state index is 10.8. The van der Waals surface area contributed by atoms with E-state index in [9.17, 15) is 9.59 Å². The van der Waals surface area contributed by atoms with Gasteiger partial charge in [0.25, 0.3) is 0 Å². The van der Waals surface area contributed by atoms with Crippen LogP contribution in [-0.4, -0.2) is 94.4 Å². The first kappa shape index (κ1) is 39.6. The number of aliphatic carboxylic acids is 2. The zero-order valence-electron chi connectivity index (χ0n) is 32.6. The van der Waals surface area contributed by atoms with E-state index in [0.29, 0.717) is 25.0 Å². The lowest BCUT2D eigenvalue weighted by Gasteiger charge is -2.31. The molecular formula is C47H54N4O6. The number of nitrogens with zero attached hydrogens (tertiary/aromatic N) is 2. The van der Waals surface area contributed by atoms with Crippen LogP contribution in [0.25, 0.3) is 21.8 Å². The van der Waals surface area contributed by atoms with Crippen LogP contribution in [0.15, 0.2) is 109 Å². The van der Waals surface area contributed by atoms with Gasteiger partial charge in [0.1, 0.15) is 18.1 Å². The third-order valence-corrected chi connectivity index (χ3v) is 11.4. The number of hydrogen-bond donors (Lipinski definition) is 4. The van der Waals surface area contributed by atoms with Crippen LogP contribution in [0.1, 0.15) is 66.2 Å². The molecule has 0 atom stereocenters. The number of piperidine rings is 2. The number of hydrogen-bond acceptors (Lipinski definition) is 6. The molecule has 10 heteroatoms. The van der Waals surface area contributed by atoms with Gasteiger partial charge in [0, 0.05) is 47.3 Å². The highest BCUT2D eigenvalue weighted by Gasteiger charge is 2.24. The van der Waals surface area contributed by atoms with Crippen LogP contribution in [0.5, 0.6) is 11.5 Å². The molecule has 2 fully saturated rings. The maximum Gasteiger partial charge on any atom is 0.307 e. The molecule has 57 heavy (non-hydrogen) atoms. The summed E-state index contributed by atoms with van der Waals surface area (Å²) in [6.07, 6.45) is 10.1. The normalized spacial score (nSPS) is 15.6. The van der Waals surface area contributed by atoms with Crippen LogP contribution in [-0.2, 0) is 22.4 Å². The van der Waals surface area contributed by atoms with Crippen molar-refractivity contribution in [3.05, 3.63) is 132 Å². The van der Waals surface area contributed by atoms with E-state index in [1.54, 1.807) is 0 Å². The summed E-state index contributed by atoms with van der Waals surface area (Å²) >= 11 is 0. The summed E-state index contributed by atoms with van der Waals surface area (Å²) in [4.78, 5) is 33.4. The van der Waals surface area contributed by atoms with Crippen molar-refractivity contribution in [1.29, 1.82) is 0 Å². The smallest absolute Gasteiger partial charge is 0.307 e. The van der Waals surface area contributed by atoms with Crippen LogP contribution in [0.2, 0.25) is 0 Å². The van der Waals surface area contributed by atoms with E-state index in [1.807, 2.05) is 48.5 Å². The Morgan fingerprint density at radius 2 is 1.04 bits per heavy atom. The van der Waals surface area contributed by atoms with Gasteiger partial charge in [-0.2, -0.15) is 0 Å². The molecule has 0 saturated carbocycles. The predicted octanol–water partition coefficient (Wildman–Crippen LogP) is 8.50. The molecule has 0 amide bonds. The number of rotatable bonds is 15. The van der Waals surface area contributed by atoms with E-state index in [0.717, 1.165) is 81.2 Å². The molecule has 298 valence electrons. The fourth-order valence-corrected chi connectivity index (χ4v) is 8.41. The average molecular weight is 771 g/mol. The van der Waals surface area contributed by atoms with Crippen LogP contribution in [0.3, 0.4) is 0 Å². The van der Waals surface area contributed by atoms with Crippen LogP contribution < -0.4 is 9.47 Å². The molecule has 2 aliphatic rings. The minimum atomic E-state index is -0.824. The fourth-order valence-electron chi connectivity index (χ4n) is 8.41. The summed E-state index contributed by atoms with van der Waals surface area (Å²) in [6.45, 7) is 7.60. The van der Waals surface area contributed by atoms with Gasteiger partial charge in [-0.3, -0.25) is 14.5 Å². The van der Waals surface area contributed by atoms with Crippen LogP contribution in [0, 0.1) is 0 Å². The monoisotopic (exact) mass is 770 g/mol. The molecule has 4 heterocycles. The summed E-state index contributed by atoms with van der Waals surface area (Å²) < 4.78 is 11.7. The molecule has 2 aromatic heterocycles. The summed E-state index contributed by atoms with van der Waals surface area (Å²) in [5, 5.41) is 20.5. The SMILES string of the molecule is O=C(O)Cc1cccc(OCCCN2CCC(c3c[nH]c4ccccc34)CC2)c1.O=C(O)Cc1cccc(OCCN2CCC(c3c[nH]c4ccccc34)CC2)c1. The Bertz CT molecular complexity index is 2210. The fraction of sp³-hybridized carbons (Fsp3) is 0.362. The van der Waals surface area contributed by atoms with Gasteiger partial charge in [0.2, 0.25) is 0 Å². The van der Waals surface area contributed by atoms with Gasteiger partial charge in [-0.15, -0.1) is 0 Å². The zero-order valence-corrected chi connectivity index (χ0v) is 32.6. The largest absolute Gasteiger partial charge is 0.494 e. The molecule has 8 rings (SSSR count). The maximum atomic E-state index is 10.8. The van der Waals surface area contributed by atoms with Crippen molar-refractivity contribution in [3.8, 4) is 11.5 Å². The average Bonchev–Trinajstić information content (AvgIpc) is 3.85. The Morgan fingerprint density at radius 1 is 0.579 bits per heavy atom. The van der Waals surface area contributed by atoms with Crippen molar-refractivity contribution in [2.45, 2.75) is 56.8 Å². The Hall–Kier alpha value is -5.58. The van der Waals surface area contributed by atoms with Crippen molar-refractivity contribution in [2.75, 3.05) is 52.5 Å². The number of fused-ring (bicyclic) bond motifs is 2. The van der Waals surface area contributed by atoms with Crippen molar-refractivity contribution in [2.24, 2.45) is 0 Å². The summed E-state index contributed by atoms with van der Waals surface area (Å²) in [6, 6.07) is 31.8. The molecule has 2 saturated heterocycles. The van der Waals surface area contributed by atoms with Gasteiger partial charge in [0.15, 0.2) is 0 Å². The highest BCUT2D eigenvalue weighted by atomic mass is 16.5. The van der Waals surface area contributed by atoms with Crippen LogP contribution >= 0.6 is 0 Å². The second-order valence-electron chi connectivity index (χ2n) is 15.3. The molecule has 0 bridgehead atoms. The molecule has 4 N–H and O–H groups in total. The van der Waals surface area contributed by atoms with Crippen molar-refractivity contribution < 1.29 is 29.3 Å². The lowest BCUT2D eigenvalue weighted by atomic mass is 9.89. The molecule has 0 spiro atoms.